The highest BCUT2D eigenvalue weighted by Crippen LogP contribution is 2.43. The molecule has 1 saturated carbocycles. The number of aromatic nitrogens is 1. The molecule has 1 aliphatic rings. The third-order valence-electron chi connectivity index (χ3n) is 3.95. The number of aryl methyl sites for hydroxylation is 1. The highest BCUT2D eigenvalue weighted by molar-refractivity contribution is 5.67. The van der Waals surface area contributed by atoms with Crippen molar-refractivity contribution in [1.29, 1.82) is 0 Å². The molecule has 3 rings (SSSR count). The zero-order valence-electron chi connectivity index (χ0n) is 12.2. The highest BCUT2D eigenvalue weighted by atomic mass is 16.1. The molecular weight excluding hydrogens is 248 g/mol. The van der Waals surface area contributed by atoms with Crippen LogP contribution in [0.2, 0.25) is 0 Å². The van der Waals surface area contributed by atoms with Crippen LogP contribution in [0.1, 0.15) is 29.9 Å². The molecule has 0 radical (unpaired) electrons. The Morgan fingerprint density at radius 3 is 2.35 bits per heavy atom. The van der Waals surface area contributed by atoms with Crippen LogP contribution in [0.15, 0.2) is 35.1 Å². The molecule has 1 fully saturated rings. The van der Waals surface area contributed by atoms with Crippen molar-refractivity contribution < 1.29 is 0 Å². The van der Waals surface area contributed by atoms with Crippen LogP contribution in [-0.4, -0.2) is 19.1 Å². The van der Waals surface area contributed by atoms with Gasteiger partial charge in [-0.15, -0.1) is 0 Å². The third-order valence-corrected chi connectivity index (χ3v) is 3.95. The van der Waals surface area contributed by atoms with Crippen LogP contribution in [-0.2, 0) is 0 Å². The summed E-state index contributed by atoms with van der Waals surface area (Å²) in [6, 6.07) is 10.4. The molecule has 0 spiro atoms. The molecule has 1 aromatic carbocycles. The van der Waals surface area contributed by atoms with E-state index in [4.69, 9.17) is 0 Å². The molecule has 1 N–H and O–H groups in total. The van der Waals surface area contributed by atoms with Gasteiger partial charge in [0.2, 0.25) is 0 Å². The molecular formula is C17H20N2O. The lowest BCUT2D eigenvalue weighted by atomic mass is 10.0. The standard InChI is InChI=1S/C17H20N2O/c1-11-10-15(12-4-5-12)16(18-17(11)20)13-6-8-14(9-7-13)19(2)3/h6-10,12H,4-5H2,1-3H3,(H,18,20). The largest absolute Gasteiger partial charge is 0.378 e. The quantitative estimate of drug-likeness (QED) is 0.927. The molecule has 2 aromatic rings. The van der Waals surface area contributed by atoms with Gasteiger partial charge in [0.25, 0.3) is 5.56 Å². The van der Waals surface area contributed by atoms with Crippen LogP contribution in [0.5, 0.6) is 0 Å². The van der Waals surface area contributed by atoms with Gasteiger partial charge in [0, 0.05) is 25.3 Å². The second kappa shape index (κ2) is 4.82. The predicted molar refractivity (Wildman–Crippen MR) is 83.5 cm³/mol. The summed E-state index contributed by atoms with van der Waals surface area (Å²) in [4.78, 5) is 17.1. The zero-order valence-corrected chi connectivity index (χ0v) is 12.2. The van der Waals surface area contributed by atoms with E-state index < -0.39 is 0 Å². The van der Waals surface area contributed by atoms with Crippen LogP contribution < -0.4 is 10.5 Å². The fourth-order valence-corrected chi connectivity index (χ4v) is 2.54. The van der Waals surface area contributed by atoms with Crippen LogP contribution in [0.3, 0.4) is 0 Å². The summed E-state index contributed by atoms with van der Waals surface area (Å²) in [7, 11) is 4.05. The molecule has 0 aliphatic heterocycles. The van der Waals surface area contributed by atoms with Crippen LogP contribution >= 0.6 is 0 Å². The maximum atomic E-state index is 11.9. The van der Waals surface area contributed by atoms with Gasteiger partial charge in [-0.2, -0.15) is 0 Å². The maximum Gasteiger partial charge on any atom is 0.251 e. The monoisotopic (exact) mass is 268 g/mol. The number of hydrogen-bond donors (Lipinski definition) is 1. The Hall–Kier alpha value is -2.03. The minimum absolute atomic E-state index is 0.0149. The highest BCUT2D eigenvalue weighted by Gasteiger charge is 2.27. The van der Waals surface area contributed by atoms with Crippen molar-refractivity contribution in [3.05, 3.63) is 51.8 Å². The van der Waals surface area contributed by atoms with E-state index in [1.165, 1.54) is 18.4 Å². The topological polar surface area (TPSA) is 36.1 Å². The molecule has 0 unspecified atom stereocenters. The smallest absolute Gasteiger partial charge is 0.251 e. The van der Waals surface area contributed by atoms with Gasteiger partial charge in [0.15, 0.2) is 0 Å². The lowest BCUT2D eigenvalue weighted by Crippen LogP contribution is -2.12. The molecule has 1 aliphatic carbocycles. The first-order valence-electron chi connectivity index (χ1n) is 7.08. The molecule has 20 heavy (non-hydrogen) atoms. The SMILES string of the molecule is Cc1cc(C2CC2)c(-c2ccc(N(C)C)cc2)[nH]c1=O. The number of nitrogens with zero attached hydrogens (tertiary/aromatic N) is 1. The Morgan fingerprint density at radius 1 is 1.15 bits per heavy atom. The Balaban J connectivity index is 2.08. The number of rotatable bonds is 3. The van der Waals surface area contributed by atoms with Crippen LogP contribution in [0.25, 0.3) is 11.3 Å². The van der Waals surface area contributed by atoms with Crippen molar-refractivity contribution in [2.45, 2.75) is 25.7 Å². The van der Waals surface area contributed by atoms with Gasteiger partial charge in [-0.3, -0.25) is 4.79 Å². The summed E-state index contributed by atoms with van der Waals surface area (Å²) >= 11 is 0. The average Bonchev–Trinajstić information content (AvgIpc) is 3.26. The Labute approximate surface area is 119 Å². The molecule has 0 amide bonds. The van der Waals surface area contributed by atoms with E-state index in [1.807, 2.05) is 21.0 Å². The van der Waals surface area contributed by atoms with Gasteiger partial charge in [0.05, 0.1) is 5.69 Å². The summed E-state index contributed by atoms with van der Waals surface area (Å²) in [6.45, 7) is 1.88. The number of nitrogens with one attached hydrogen (secondary N) is 1. The molecule has 1 aromatic heterocycles. The van der Waals surface area contributed by atoms with Crippen molar-refractivity contribution in [2.24, 2.45) is 0 Å². The van der Waals surface area contributed by atoms with Gasteiger partial charge in [0.1, 0.15) is 0 Å². The number of benzene rings is 1. The molecule has 104 valence electrons. The zero-order chi connectivity index (χ0) is 14.3. The number of aromatic amines is 1. The minimum Gasteiger partial charge on any atom is -0.378 e. The first-order valence-corrected chi connectivity index (χ1v) is 7.08. The van der Waals surface area contributed by atoms with E-state index in [9.17, 15) is 4.79 Å². The first-order chi connectivity index (χ1) is 9.56. The van der Waals surface area contributed by atoms with E-state index in [2.05, 4.69) is 40.2 Å². The van der Waals surface area contributed by atoms with Crippen LogP contribution in [0, 0.1) is 6.92 Å². The van der Waals surface area contributed by atoms with Crippen molar-refractivity contribution in [3.8, 4) is 11.3 Å². The Morgan fingerprint density at radius 2 is 1.80 bits per heavy atom. The van der Waals surface area contributed by atoms with Crippen LogP contribution in [0.4, 0.5) is 5.69 Å². The van der Waals surface area contributed by atoms with Gasteiger partial charge >= 0.3 is 0 Å². The molecule has 0 bridgehead atoms. The molecule has 3 heteroatoms. The molecule has 0 saturated heterocycles. The van der Waals surface area contributed by atoms with E-state index in [0.29, 0.717) is 5.92 Å². The minimum atomic E-state index is 0.0149. The second-order valence-electron chi connectivity index (χ2n) is 5.83. The number of anilines is 1. The van der Waals surface area contributed by atoms with Gasteiger partial charge < -0.3 is 9.88 Å². The Bertz CT molecular complexity index is 679. The third kappa shape index (κ3) is 2.36. The van der Waals surface area contributed by atoms with Crippen molar-refractivity contribution in [1.82, 2.24) is 4.98 Å². The predicted octanol–water partition coefficient (Wildman–Crippen LogP) is 3.29. The lowest BCUT2D eigenvalue weighted by Gasteiger charge is -2.14. The van der Waals surface area contributed by atoms with Crippen molar-refractivity contribution >= 4 is 5.69 Å². The normalized spacial score (nSPS) is 14.3. The first kappa shape index (κ1) is 13.0. The summed E-state index contributed by atoms with van der Waals surface area (Å²) in [5.74, 6) is 0.620. The average molecular weight is 268 g/mol. The lowest BCUT2D eigenvalue weighted by molar-refractivity contribution is 1.06. The van der Waals surface area contributed by atoms with E-state index in [-0.39, 0.29) is 5.56 Å². The summed E-state index contributed by atoms with van der Waals surface area (Å²) < 4.78 is 0. The Kier molecular flexibility index (Phi) is 3.13. The van der Waals surface area contributed by atoms with Gasteiger partial charge in [-0.25, -0.2) is 0 Å². The number of hydrogen-bond acceptors (Lipinski definition) is 2. The molecule has 1 heterocycles. The fourth-order valence-electron chi connectivity index (χ4n) is 2.54. The van der Waals surface area contributed by atoms with E-state index in [0.717, 1.165) is 22.5 Å². The van der Waals surface area contributed by atoms with Gasteiger partial charge in [-0.1, -0.05) is 12.1 Å². The number of pyridine rings is 1. The fraction of sp³-hybridized carbons (Fsp3) is 0.353. The molecule has 0 atom stereocenters. The van der Waals surface area contributed by atoms with Crippen molar-refractivity contribution in [3.63, 3.8) is 0 Å². The van der Waals surface area contributed by atoms with E-state index >= 15 is 0 Å². The summed E-state index contributed by atoms with van der Waals surface area (Å²) in [5.41, 5.74) is 5.36. The molecule has 3 nitrogen and oxygen atoms in total. The number of H-pyrrole nitrogens is 1. The summed E-state index contributed by atoms with van der Waals surface area (Å²) in [6.07, 6.45) is 2.46. The second-order valence-corrected chi connectivity index (χ2v) is 5.83. The van der Waals surface area contributed by atoms with Gasteiger partial charge in [-0.05, 0) is 55.0 Å². The maximum absolute atomic E-state index is 11.9. The summed E-state index contributed by atoms with van der Waals surface area (Å²) in [5, 5.41) is 0. The van der Waals surface area contributed by atoms with Crippen molar-refractivity contribution in [2.75, 3.05) is 19.0 Å². The van der Waals surface area contributed by atoms with E-state index in [1.54, 1.807) is 0 Å².